The van der Waals surface area contributed by atoms with Crippen molar-refractivity contribution in [3.63, 3.8) is 0 Å². The number of carbonyl (C=O) groups excluding carboxylic acids is 1. The van der Waals surface area contributed by atoms with Gasteiger partial charge in [-0.2, -0.15) is 0 Å². The van der Waals surface area contributed by atoms with Crippen molar-refractivity contribution in [2.45, 2.75) is 19.4 Å². The van der Waals surface area contributed by atoms with Crippen molar-refractivity contribution in [3.8, 4) is 5.75 Å². The number of benzene rings is 1. The second kappa shape index (κ2) is 6.35. The summed E-state index contributed by atoms with van der Waals surface area (Å²) in [5.74, 6) is 0.0428. The van der Waals surface area contributed by atoms with Gasteiger partial charge in [0.2, 0.25) is 5.82 Å². The third kappa shape index (κ3) is 2.56. The monoisotopic (exact) mass is 418 g/mol. The third-order valence-corrected chi connectivity index (χ3v) is 5.40. The van der Waals surface area contributed by atoms with Crippen molar-refractivity contribution in [3.05, 3.63) is 51.9 Å². The zero-order valence-corrected chi connectivity index (χ0v) is 15.8. The minimum absolute atomic E-state index is 0.120. The molecule has 134 valence electrons. The highest BCUT2D eigenvalue weighted by molar-refractivity contribution is 9.10. The zero-order chi connectivity index (χ0) is 18.4. The van der Waals surface area contributed by atoms with Gasteiger partial charge in [0, 0.05) is 29.6 Å². The number of fused-ring (bicyclic) bond motifs is 3. The Morgan fingerprint density at radius 3 is 2.81 bits per heavy atom. The average Bonchev–Trinajstić information content (AvgIpc) is 3.05. The number of hydrogen-bond acceptors (Lipinski definition) is 4. The molecular weight excluding hydrogens is 403 g/mol. The molecule has 0 unspecified atom stereocenters. The maximum absolute atomic E-state index is 14.4. The van der Waals surface area contributed by atoms with E-state index < -0.39 is 0 Å². The molecule has 3 heterocycles. The number of rotatable bonds is 2. The minimum atomic E-state index is -0.319. The molecule has 3 aromatic rings. The summed E-state index contributed by atoms with van der Waals surface area (Å²) in [6.45, 7) is 2.45. The van der Waals surface area contributed by atoms with Gasteiger partial charge in [0.15, 0.2) is 11.6 Å². The van der Waals surface area contributed by atoms with E-state index in [2.05, 4.69) is 30.9 Å². The lowest BCUT2D eigenvalue weighted by atomic mass is 9.97. The Morgan fingerprint density at radius 2 is 2.12 bits per heavy atom. The van der Waals surface area contributed by atoms with Crippen LogP contribution < -0.4 is 4.74 Å². The summed E-state index contributed by atoms with van der Waals surface area (Å²) in [6, 6.07) is 3.34. The summed E-state index contributed by atoms with van der Waals surface area (Å²) in [4.78, 5) is 25.9. The van der Waals surface area contributed by atoms with E-state index in [4.69, 9.17) is 4.74 Å². The normalized spacial score (nSPS) is 16.6. The lowest BCUT2D eigenvalue weighted by molar-refractivity contribution is 0.0665. The number of aromatic nitrogens is 3. The maximum atomic E-state index is 14.4. The van der Waals surface area contributed by atoms with E-state index in [9.17, 15) is 9.18 Å². The Balaban J connectivity index is 1.72. The molecule has 2 aromatic heterocycles. The summed E-state index contributed by atoms with van der Waals surface area (Å²) in [6.07, 6.45) is 3.56. The topological polar surface area (TPSA) is 71.1 Å². The molecule has 0 radical (unpaired) electrons. The Hall–Kier alpha value is -2.48. The van der Waals surface area contributed by atoms with E-state index in [0.29, 0.717) is 28.7 Å². The summed E-state index contributed by atoms with van der Waals surface area (Å²) in [5, 5.41) is 0.793. The molecule has 1 aromatic carbocycles. The van der Waals surface area contributed by atoms with Crippen LogP contribution in [-0.4, -0.2) is 39.4 Å². The molecule has 1 amide bonds. The quantitative estimate of drug-likeness (QED) is 0.689. The smallest absolute Gasteiger partial charge is 0.292 e. The van der Waals surface area contributed by atoms with Gasteiger partial charge in [-0.3, -0.25) is 4.79 Å². The van der Waals surface area contributed by atoms with Crippen LogP contribution in [0.3, 0.4) is 0 Å². The fraction of sp³-hybridized carbons (Fsp3) is 0.278. The van der Waals surface area contributed by atoms with E-state index in [0.717, 1.165) is 16.6 Å². The van der Waals surface area contributed by atoms with E-state index in [-0.39, 0.29) is 23.6 Å². The van der Waals surface area contributed by atoms with Crippen LogP contribution >= 0.6 is 15.9 Å². The average molecular weight is 419 g/mol. The summed E-state index contributed by atoms with van der Waals surface area (Å²) < 4.78 is 19.9. The minimum Gasteiger partial charge on any atom is -0.494 e. The van der Waals surface area contributed by atoms with Gasteiger partial charge < -0.3 is 14.6 Å². The molecule has 0 aliphatic carbocycles. The van der Waals surface area contributed by atoms with Gasteiger partial charge >= 0.3 is 0 Å². The Kier molecular flexibility index (Phi) is 4.14. The fourth-order valence-electron chi connectivity index (χ4n) is 3.47. The highest BCUT2D eigenvalue weighted by Crippen LogP contribution is 2.38. The third-order valence-electron chi connectivity index (χ3n) is 4.79. The molecule has 0 spiro atoms. The number of ether oxygens (including phenoxy) is 1. The number of methoxy groups -OCH3 is 1. The molecule has 0 saturated heterocycles. The number of carbonyl (C=O) groups is 1. The molecule has 6 nitrogen and oxygen atoms in total. The second-order valence-electron chi connectivity index (χ2n) is 6.17. The van der Waals surface area contributed by atoms with Crippen LogP contribution in [0.4, 0.5) is 4.39 Å². The van der Waals surface area contributed by atoms with Crippen molar-refractivity contribution in [2.75, 3.05) is 13.7 Å². The molecule has 0 saturated carbocycles. The number of hydrogen-bond donors (Lipinski definition) is 1. The largest absolute Gasteiger partial charge is 0.494 e. The molecule has 1 atom stereocenters. The van der Waals surface area contributed by atoms with Crippen LogP contribution in [0, 0.1) is 5.82 Å². The van der Waals surface area contributed by atoms with Gasteiger partial charge in [-0.1, -0.05) is 6.07 Å². The predicted octanol–water partition coefficient (Wildman–Crippen LogP) is 3.63. The van der Waals surface area contributed by atoms with Gasteiger partial charge in [0.1, 0.15) is 0 Å². The molecular formula is C18H16BrFN4O2. The van der Waals surface area contributed by atoms with Crippen LogP contribution in [0.1, 0.15) is 34.8 Å². The molecule has 26 heavy (non-hydrogen) atoms. The van der Waals surface area contributed by atoms with Crippen LogP contribution in [0.2, 0.25) is 0 Å². The predicted molar refractivity (Wildman–Crippen MR) is 97.7 cm³/mol. The van der Waals surface area contributed by atoms with E-state index in [1.165, 1.54) is 19.5 Å². The molecule has 1 N–H and O–H groups in total. The van der Waals surface area contributed by atoms with Gasteiger partial charge in [0.25, 0.3) is 5.91 Å². The first-order chi connectivity index (χ1) is 12.5. The Morgan fingerprint density at radius 1 is 1.38 bits per heavy atom. The summed E-state index contributed by atoms with van der Waals surface area (Å²) in [5.41, 5.74) is 2.37. The zero-order valence-electron chi connectivity index (χ0n) is 14.2. The number of nitrogens with zero attached hydrogens (tertiary/aromatic N) is 3. The van der Waals surface area contributed by atoms with Crippen LogP contribution in [0.25, 0.3) is 10.9 Å². The van der Waals surface area contributed by atoms with E-state index in [1.807, 2.05) is 13.0 Å². The van der Waals surface area contributed by atoms with Gasteiger partial charge in [-0.25, -0.2) is 14.4 Å². The molecule has 1 aliphatic heterocycles. The van der Waals surface area contributed by atoms with Crippen LogP contribution in [0.5, 0.6) is 5.75 Å². The first kappa shape index (κ1) is 17.0. The van der Waals surface area contributed by atoms with Crippen molar-refractivity contribution in [1.29, 1.82) is 0 Å². The number of aromatic amines is 1. The van der Waals surface area contributed by atoms with Crippen molar-refractivity contribution < 1.29 is 13.9 Å². The first-order valence-electron chi connectivity index (χ1n) is 8.16. The molecule has 1 aliphatic rings. The highest BCUT2D eigenvalue weighted by Gasteiger charge is 2.32. The summed E-state index contributed by atoms with van der Waals surface area (Å²) in [7, 11) is 1.52. The van der Waals surface area contributed by atoms with Crippen LogP contribution in [0.15, 0.2) is 29.0 Å². The number of H-pyrrole nitrogens is 1. The molecule has 0 bridgehead atoms. The van der Waals surface area contributed by atoms with E-state index in [1.54, 1.807) is 11.0 Å². The fourth-order valence-corrected chi connectivity index (χ4v) is 3.80. The standard InChI is InChI=1S/C18H16BrFN4O2/c1-9-14-11-3-4-12(19)15(20)16(11)23-13(14)5-6-24(9)18(25)17-21-7-10(26-2)8-22-17/h3-4,7-9,23H,5-6H2,1-2H3/t9-/m1/s1. The Labute approximate surface area is 157 Å². The van der Waals surface area contributed by atoms with Crippen molar-refractivity contribution in [2.24, 2.45) is 0 Å². The second-order valence-corrected chi connectivity index (χ2v) is 7.03. The van der Waals surface area contributed by atoms with E-state index >= 15 is 0 Å². The Bertz CT molecular complexity index is 1000. The maximum Gasteiger partial charge on any atom is 0.292 e. The molecule has 8 heteroatoms. The van der Waals surface area contributed by atoms with Crippen LogP contribution in [-0.2, 0) is 6.42 Å². The molecule has 0 fully saturated rings. The number of amides is 1. The highest BCUT2D eigenvalue weighted by atomic mass is 79.9. The summed E-state index contributed by atoms with van der Waals surface area (Å²) >= 11 is 3.22. The van der Waals surface area contributed by atoms with Gasteiger partial charge in [0.05, 0.1) is 35.5 Å². The molecule has 4 rings (SSSR count). The van der Waals surface area contributed by atoms with Crippen molar-refractivity contribution in [1.82, 2.24) is 19.9 Å². The van der Waals surface area contributed by atoms with Crippen molar-refractivity contribution >= 4 is 32.7 Å². The number of nitrogens with one attached hydrogen (secondary N) is 1. The number of halogens is 2. The van der Waals surface area contributed by atoms with Gasteiger partial charge in [-0.05, 0) is 28.9 Å². The SMILES string of the molecule is COc1cnc(C(=O)N2CCc3[nH]c4c(F)c(Br)ccc4c3[C@H]2C)nc1. The first-order valence-corrected chi connectivity index (χ1v) is 8.96. The van der Waals surface area contributed by atoms with Gasteiger partial charge in [-0.15, -0.1) is 0 Å². The lowest BCUT2D eigenvalue weighted by Gasteiger charge is -2.33. The lowest BCUT2D eigenvalue weighted by Crippen LogP contribution is -2.39.